The normalized spacial score (nSPS) is 20.3. The largest absolute Gasteiger partial charge is 0.338 e. The minimum Gasteiger partial charge on any atom is -0.338 e. The molecule has 0 spiro atoms. The highest BCUT2D eigenvalue weighted by Gasteiger charge is 2.37. The number of piperidine rings is 1. The third kappa shape index (κ3) is 3.93. The summed E-state index contributed by atoms with van der Waals surface area (Å²) >= 11 is 0. The Labute approximate surface area is 169 Å². The predicted octanol–water partition coefficient (Wildman–Crippen LogP) is 1.00. The third-order valence-corrected chi connectivity index (χ3v) is 5.53. The lowest BCUT2D eigenvalue weighted by Crippen LogP contribution is -2.49. The van der Waals surface area contributed by atoms with Gasteiger partial charge in [0, 0.05) is 43.6 Å². The Balaban J connectivity index is 1.55. The van der Waals surface area contributed by atoms with Crippen molar-refractivity contribution in [3.63, 3.8) is 0 Å². The first-order valence-electron chi connectivity index (χ1n) is 9.80. The van der Waals surface area contributed by atoms with E-state index in [-0.39, 0.29) is 35.8 Å². The zero-order valence-electron chi connectivity index (χ0n) is 16.7. The van der Waals surface area contributed by atoms with Crippen LogP contribution in [0.2, 0.25) is 0 Å². The van der Waals surface area contributed by atoms with Crippen molar-refractivity contribution < 1.29 is 9.59 Å². The highest BCUT2D eigenvalue weighted by molar-refractivity contribution is 5.94. The fourth-order valence-corrected chi connectivity index (χ4v) is 4.36. The summed E-state index contributed by atoms with van der Waals surface area (Å²) in [5.41, 5.74) is 1.66. The number of nitrogens with one attached hydrogen (secondary N) is 1. The zero-order chi connectivity index (χ0) is 20.5. The molecule has 2 aliphatic heterocycles. The van der Waals surface area contributed by atoms with Gasteiger partial charge in [0.15, 0.2) is 0 Å². The maximum absolute atomic E-state index is 12.9. The van der Waals surface area contributed by atoms with Gasteiger partial charge in [0.05, 0.1) is 12.1 Å². The average Bonchev–Trinajstić information content (AvgIpc) is 2.70. The van der Waals surface area contributed by atoms with Crippen LogP contribution in [0.15, 0.2) is 41.5 Å². The van der Waals surface area contributed by atoms with Crippen LogP contribution in [0.5, 0.6) is 0 Å². The van der Waals surface area contributed by atoms with Crippen molar-refractivity contribution in [3.05, 3.63) is 58.3 Å². The molecule has 1 N–H and O–H groups in total. The Morgan fingerprint density at radius 3 is 2.76 bits per heavy atom. The minimum atomic E-state index is -0.211. The Bertz CT molecular complexity index is 986. The lowest BCUT2D eigenvalue weighted by atomic mass is 9.83. The highest BCUT2D eigenvalue weighted by Crippen LogP contribution is 2.35. The molecule has 8 heteroatoms. The van der Waals surface area contributed by atoms with Crippen molar-refractivity contribution in [2.45, 2.75) is 18.9 Å². The fraction of sp³-hybridized carbons (Fsp3) is 0.429. The van der Waals surface area contributed by atoms with E-state index in [0.29, 0.717) is 30.9 Å². The first-order chi connectivity index (χ1) is 13.9. The summed E-state index contributed by atoms with van der Waals surface area (Å²) in [4.78, 5) is 45.5. The summed E-state index contributed by atoms with van der Waals surface area (Å²) in [6, 6.07) is 7.13. The SMILES string of the molecule is CN(C)CC(=O)Nc1ccc2n(c1=O)C[C@H]1C[C@@H]2CN(C(=O)c2cccnc2)C1. The van der Waals surface area contributed by atoms with Gasteiger partial charge in [0.25, 0.3) is 11.5 Å². The van der Waals surface area contributed by atoms with Crippen molar-refractivity contribution in [1.29, 1.82) is 0 Å². The van der Waals surface area contributed by atoms with Gasteiger partial charge >= 0.3 is 0 Å². The van der Waals surface area contributed by atoms with Crippen LogP contribution in [0.3, 0.4) is 0 Å². The summed E-state index contributed by atoms with van der Waals surface area (Å²) in [5.74, 6) is 0.0997. The molecule has 8 nitrogen and oxygen atoms in total. The minimum absolute atomic E-state index is 0.0174. The number of carbonyl (C=O) groups excluding carboxylic acids is 2. The van der Waals surface area contributed by atoms with E-state index in [0.717, 1.165) is 12.1 Å². The van der Waals surface area contributed by atoms with Crippen LogP contribution in [-0.2, 0) is 11.3 Å². The molecule has 2 amide bonds. The van der Waals surface area contributed by atoms with E-state index in [1.54, 1.807) is 54.2 Å². The van der Waals surface area contributed by atoms with Gasteiger partial charge in [-0.2, -0.15) is 0 Å². The van der Waals surface area contributed by atoms with Gasteiger partial charge in [-0.1, -0.05) is 0 Å². The molecule has 2 aliphatic rings. The highest BCUT2D eigenvalue weighted by atomic mass is 16.2. The lowest BCUT2D eigenvalue weighted by Gasteiger charge is -2.42. The van der Waals surface area contributed by atoms with Crippen LogP contribution in [0.25, 0.3) is 0 Å². The molecule has 152 valence electrons. The Morgan fingerprint density at radius 1 is 1.21 bits per heavy atom. The van der Waals surface area contributed by atoms with Crippen LogP contribution in [0.4, 0.5) is 5.69 Å². The number of hydrogen-bond acceptors (Lipinski definition) is 5. The predicted molar refractivity (Wildman–Crippen MR) is 109 cm³/mol. The topological polar surface area (TPSA) is 87.5 Å². The third-order valence-electron chi connectivity index (χ3n) is 5.53. The molecule has 0 saturated carbocycles. The standard InChI is InChI=1S/C21H25N5O3/c1-24(2)13-19(27)23-17-5-6-18-16-8-14(11-26(18)21(17)29)10-25(12-16)20(28)15-4-3-7-22-9-15/h3-7,9,14,16H,8,10-13H2,1-2H3,(H,23,27)/t14-,16+/m0/s1. The Morgan fingerprint density at radius 2 is 2.03 bits per heavy atom. The fourth-order valence-electron chi connectivity index (χ4n) is 4.36. The molecule has 1 saturated heterocycles. The molecule has 0 unspecified atom stereocenters. The smallest absolute Gasteiger partial charge is 0.274 e. The monoisotopic (exact) mass is 395 g/mol. The molecule has 2 atom stereocenters. The number of pyridine rings is 2. The number of rotatable bonds is 4. The Hall–Kier alpha value is -3.00. The number of carbonyl (C=O) groups is 2. The molecule has 1 fully saturated rings. The second kappa shape index (κ2) is 7.79. The van der Waals surface area contributed by atoms with Crippen LogP contribution in [0.1, 0.15) is 28.4 Å². The number of likely N-dealkylation sites (tertiary alicyclic amines) is 1. The quantitative estimate of drug-likeness (QED) is 0.835. The van der Waals surface area contributed by atoms with Crippen LogP contribution >= 0.6 is 0 Å². The lowest BCUT2D eigenvalue weighted by molar-refractivity contribution is -0.116. The average molecular weight is 395 g/mol. The number of fused-ring (bicyclic) bond motifs is 4. The van der Waals surface area contributed by atoms with Crippen LogP contribution in [-0.4, -0.2) is 64.9 Å². The number of nitrogens with zero attached hydrogens (tertiary/aromatic N) is 4. The first kappa shape index (κ1) is 19.3. The van der Waals surface area contributed by atoms with Gasteiger partial charge < -0.3 is 19.7 Å². The summed E-state index contributed by atoms with van der Waals surface area (Å²) in [6.45, 7) is 1.97. The van der Waals surface area contributed by atoms with Gasteiger partial charge in [0.2, 0.25) is 5.91 Å². The van der Waals surface area contributed by atoms with E-state index in [1.165, 1.54) is 0 Å². The van der Waals surface area contributed by atoms with E-state index in [1.807, 2.05) is 11.0 Å². The molecule has 4 heterocycles. The van der Waals surface area contributed by atoms with E-state index >= 15 is 0 Å². The van der Waals surface area contributed by atoms with Gasteiger partial charge in [-0.05, 0) is 50.7 Å². The van der Waals surface area contributed by atoms with Gasteiger partial charge in [-0.25, -0.2) is 0 Å². The summed E-state index contributed by atoms with van der Waals surface area (Å²) < 4.78 is 1.77. The molecule has 4 rings (SSSR count). The van der Waals surface area contributed by atoms with Crippen molar-refractivity contribution in [2.24, 2.45) is 5.92 Å². The molecule has 0 aromatic carbocycles. The van der Waals surface area contributed by atoms with Crippen LogP contribution < -0.4 is 10.9 Å². The second-order valence-corrected chi connectivity index (χ2v) is 8.12. The van der Waals surface area contributed by atoms with E-state index in [4.69, 9.17) is 0 Å². The van der Waals surface area contributed by atoms with Gasteiger partial charge in [0.1, 0.15) is 5.69 Å². The van der Waals surface area contributed by atoms with E-state index in [9.17, 15) is 14.4 Å². The van der Waals surface area contributed by atoms with Crippen molar-refractivity contribution in [1.82, 2.24) is 19.4 Å². The van der Waals surface area contributed by atoms with Gasteiger partial charge in [-0.3, -0.25) is 19.4 Å². The number of likely N-dealkylation sites (N-methyl/N-ethyl adjacent to an activating group) is 1. The first-order valence-corrected chi connectivity index (χ1v) is 9.80. The maximum Gasteiger partial charge on any atom is 0.274 e. The number of aromatic nitrogens is 2. The van der Waals surface area contributed by atoms with Gasteiger partial charge in [-0.15, -0.1) is 0 Å². The molecule has 0 radical (unpaired) electrons. The number of hydrogen-bond donors (Lipinski definition) is 1. The molecule has 2 aromatic heterocycles. The number of amides is 2. The summed E-state index contributed by atoms with van der Waals surface area (Å²) in [5, 5.41) is 2.72. The van der Waals surface area contributed by atoms with Crippen molar-refractivity contribution >= 4 is 17.5 Å². The van der Waals surface area contributed by atoms with E-state index in [2.05, 4.69) is 10.3 Å². The zero-order valence-corrected chi connectivity index (χ0v) is 16.7. The maximum atomic E-state index is 12.9. The molecule has 2 aromatic rings. The van der Waals surface area contributed by atoms with Crippen molar-refractivity contribution in [2.75, 3.05) is 39.0 Å². The molecule has 29 heavy (non-hydrogen) atoms. The second-order valence-electron chi connectivity index (χ2n) is 8.12. The molecule has 0 aliphatic carbocycles. The van der Waals surface area contributed by atoms with Crippen LogP contribution in [0, 0.1) is 5.92 Å². The number of anilines is 1. The van der Waals surface area contributed by atoms with E-state index < -0.39 is 0 Å². The molecule has 2 bridgehead atoms. The summed E-state index contributed by atoms with van der Waals surface area (Å²) in [7, 11) is 3.61. The molecular formula is C21H25N5O3. The van der Waals surface area contributed by atoms with Crippen molar-refractivity contribution in [3.8, 4) is 0 Å². The molecular weight excluding hydrogens is 370 g/mol. The summed E-state index contributed by atoms with van der Waals surface area (Å²) in [6.07, 6.45) is 4.20. The Kier molecular flexibility index (Phi) is 5.19.